The molecule has 3 heteroatoms. The van der Waals surface area contributed by atoms with Crippen LogP contribution in [0.25, 0.3) is 11.1 Å². The minimum atomic E-state index is 0.485. The fourth-order valence-electron chi connectivity index (χ4n) is 2.50. The summed E-state index contributed by atoms with van der Waals surface area (Å²) in [4.78, 5) is 0. The quantitative estimate of drug-likeness (QED) is 0.795. The molecule has 1 aromatic heterocycles. The van der Waals surface area contributed by atoms with Crippen LogP contribution in [0.2, 0.25) is 0 Å². The molecule has 2 atom stereocenters. The Balaban J connectivity index is 2.05. The van der Waals surface area contributed by atoms with Gasteiger partial charge in [0.25, 0.3) is 0 Å². The highest BCUT2D eigenvalue weighted by atomic mass is 15.3. The zero-order chi connectivity index (χ0) is 15.1. The van der Waals surface area contributed by atoms with Gasteiger partial charge >= 0.3 is 0 Å². The number of nitrogens with zero attached hydrogens (tertiary/aromatic N) is 2. The molecule has 0 amide bonds. The third kappa shape index (κ3) is 4.43. The second-order valence-corrected chi connectivity index (χ2v) is 5.76. The molecule has 1 heterocycles. The molecule has 0 saturated carbocycles. The van der Waals surface area contributed by atoms with E-state index in [0.29, 0.717) is 12.0 Å². The van der Waals surface area contributed by atoms with E-state index in [0.717, 1.165) is 13.1 Å². The molecule has 3 nitrogen and oxygen atoms in total. The van der Waals surface area contributed by atoms with Gasteiger partial charge in [0.2, 0.25) is 0 Å². The molecule has 0 spiro atoms. The van der Waals surface area contributed by atoms with Crippen LogP contribution in [0.4, 0.5) is 0 Å². The molecule has 2 aromatic rings. The standard InChI is InChI=1S/C18H27N3/c1-4-11-19-18(15(3)5-2)14-21-13-17(12-20-21)16-9-7-6-8-10-16/h6-10,12-13,15,18-19H,4-5,11,14H2,1-3H3. The third-order valence-corrected chi connectivity index (χ3v) is 4.11. The van der Waals surface area contributed by atoms with Crippen LogP contribution in [0.1, 0.15) is 33.6 Å². The van der Waals surface area contributed by atoms with E-state index < -0.39 is 0 Å². The van der Waals surface area contributed by atoms with Crippen molar-refractivity contribution in [1.82, 2.24) is 15.1 Å². The van der Waals surface area contributed by atoms with Gasteiger partial charge in [-0.15, -0.1) is 0 Å². The van der Waals surface area contributed by atoms with Gasteiger partial charge in [-0.05, 0) is 24.4 Å². The average Bonchev–Trinajstić information content (AvgIpc) is 3.00. The highest BCUT2D eigenvalue weighted by Crippen LogP contribution is 2.18. The molecule has 114 valence electrons. The van der Waals surface area contributed by atoms with Gasteiger partial charge in [-0.3, -0.25) is 4.68 Å². The third-order valence-electron chi connectivity index (χ3n) is 4.11. The van der Waals surface area contributed by atoms with Gasteiger partial charge in [-0.25, -0.2) is 0 Å². The maximum Gasteiger partial charge on any atom is 0.0568 e. The lowest BCUT2D eigenvalue weighted by atomic mass is 9.99. The predicted octanol–water partition coefficient (Wildman–Crippen LogP) is 3.96. The topological polar surface area (TPSA) is 29.9 Å². The molecule has 2 rings (SSSR count). The molecule has 0 aliphatic rings. The summed E-state index contributed by atoms with van der Waals surface area (Å²) in [6.45, 7) is 8.78. The fourth-order valence-corrected chi connectivity index (χ4v) is 2.50. The van der Waals surface area contributed by atoms with Crippen molar-refractivity contribution in [2.75, 3.05) is 6.54 Å². The predicted molar refractivity (Wildman–Crippen MR) is 89.2 cm³/mol. The minimum absolute atomic E-state index is 0.485. The summed E-state index contributed by atoms with van der Waals surface area (Å²) in [6, 6.07) is 10.9. The minimum Gasteiger partial charge on any atom is -0.312 e. The molecule has 0 aliphatic carbocycles. The van der Waals surface area contributed by atoms with Crippen LogP contribution in [0, 0.1) is 5.92 Å². The first-order valence-electron chi connectivity index (χ1n) is 8.05. The van der Waals surface area contributed by atoms with Crippen molar-refractivity contribution < 1.29 is 0 Å². The van der Waals surface area contributed by atoms with Crippen LogP contribution in [-0.4, -0.2) is 22.4 Å². The van der Waals surface area contributed by atoms with Crippen LogP contribution >= 0.6 is 0 Å². The smallest absolute Gasteiger partial charge is 0.0568 e. The van der Waals surface area contributed by atoms with Gasteiger partial charge in [0, 0.05) is 17.8 Å². The van der Waals surface area contributed by atoms with Crippen molar-refractivity contribution >= 4 is 0 Å². The van der Waals surface area contributed by atoms with Crippen molar-refractivity contribution in [2.45, 2.75) is 46.2 Å². The highest BCUT2D eigenvalue weighted by molar-refractivity contribution is 5.61. The molecule has 1 N–H and O–H groups in total. The van der Waals surface area contributed by atoms with E-state index in [2.05, 4.69) is 66.3 Å². The summed E-state index contributed by atoms with van der Waals surface area (Å²) in [5.41, 5.74) is 2.42. The first-order valence-corrected chi connectivity index (χ1v) is 8.05. The summed E-state index contributed by atoms with van der Waals surface area (Å²) < 4.78 is 2.07. The summed E-state index contributed by atoms with van der Waals surface area (Å²) >= 11 is 0. The van der Waals surface area contributed by atoms with Gasteiger partial charge in [-0.1, -0.05) is 57.5 Å². The number of hydrogen-bond acceptors (Lipinski definition) is 2. The maximum atomic E-state index is 4.53. The van der Waals surface area contributed by atoms with Crippen LogP contribution in [0.15, 0.2) is 42.7 Å². The summed E-state index contributed by atoms with van der Waals surface area (Å²) in [5.74, 6) is 0.654. The van der Waals surface area contributed by atoms with E-state index in [1.54, 1.807) is 0 Å². The monoisotopic (exact) mass is 285 g/mol. The van der Waals surface area contributed by atoms with Crippen molar-refractivity contribution in [1.29, 1.82) is 0 Å². The Hall–Kier alpha value is -1.61. The molecule has 0 radical (unpaired) electrons. The van der Waals surface area contributed by atoms with E-state index >= 15 is 0 Å². The van der Waals surface area contributed by atoms with Crippen molar-refractivity contribution in [3.05, 3.63) is 42.7 Å². The van der Waals surface area contributed by atoms with Gasteiger partial charge in [0.15, 0.2) is 0 Å². The van der Waals surface area contributed by atoms with Crippen molar-refractivity contribution in [2.24, 2.45) is 5.92 Å². The number of aromatic nitrogens is 2. The van der Waals surface area contributed by atoms with Crippen LogP contribution < -0.4 is 5.32 Å². The number of nitrogens with one attached hydrogen (secondary N) is 1. The largest absolute Gasteiger partial charge is 0.312 e. The van der Waals surface area contributed by atoms with Crippen LogP contribution in [0.3, 0.4) is 0 Å². The average molecular weight is 285 g/mol. The van der Waals surface area contributed by atoms with E-state index in [1.807, 2.05) is 12.3 Å². The number of benzene rings is 1. The maximum absolute atomic E-state index is 4.53. The molecule has 0 fully saturated rings. The lowest BCUT2D eigenvalue weighted by molar-refractivity contribution is 0.319. The molecule has 0 bridgehead atoms. The summed E-state index contributed by atoms with van der Waals surface area (Å²) in [7, 11) is 0. The van der Waals surface area contributed by atoms with E-state index in [9.17, 15) is 0 Å². The first kappa shape index (κ1) is 15.8. The van der Waals surface area contributed by atoms with Gasteiger partial charge in [-0.2, -0.15) is 5.10 Å². The Morgan fingerprint density at radius 1 is 1.14 bits per heavy atom. The lowest BCUT2D eigenvalue weighted by Gasteiger charge is -2.24. The van der Waals surface area contributed by atoms with Crippen molar-refractivity contribution in [3.8, 4) is 11.1 Å². The molecule has 21 heavy (non-hydrogen) atoms. The molecular weight excluding hydrogens is 258 g/mol. The fraction of sp³-hybridized carbons (Fsp3) is 0.500. The van der Waals surface area contributed by atoms with Crippen LogP contribution in [-0.2, 0) is 6.54 Å². The molecule has 1 aromatic carbocycles. The Kier molecular flexibility index (Phi) is 6.00. The SMILES string of the molecule is CCCNC(Cn1cc(-c2ccccc2)cn1)C(C)CC. The van der Waals surface area contributed by atoms with Gasteiger partial charge in [0.05, 0.1) is 12.7 Å². The number of hydrogen-bond donors (Lipinski definition) is 1. The lowest BCUT2D eigenvalue weighted by Crippen LogP contribution is -2.39. The van der Waals surface area contributed by atoms with Gasteiger partial charge < -0.3 is 5.32 Å². The molecule has 0 saturated heterocycles. The zero-order valence-electron chi connectivity index (χ0n) is 13.4. The second kappa shape index (κ2) is 7.99. The Labute approximate surface area is 128 Å². The summed E-state index contributed by atoms with van der Waals surface area (Å²) in [6.07, 6.45) is 6.47. The number of rotatable bonds is 8. The second-order valence-electron chi connectivity index (χ2n) is 5.76. The highest BCUT2D eigenvalue weighted by Gasteiger charge is 2.16. The van der Waals surface area contributed by atoms with E-state index in [4.69, 9.17) is 0 Å². The van der Waals surface area contributed by atoms with E-state index in [-0.39, 0.29) is 0 Å². The Morgan fingerprint density at radius 3 is 2.57 bits per heavy atom. The van der Waals surface area contributed by atoms with E-state index in [1.165, 1.54) is 24.0 Å². The Morgan fingerprint density at radius 2 is 1.90 bits per heavy atom. The van der Waals surface area contributed by atoms with Gasteiger partial charge in [0.1, 0.15) is 0 Å². The Bertz CT molecular complexity index is 518. The zero-order valence-corrected chi connectivity index (χ0v) is 13.4. The normalized spacial score (nSPS) is 14.0. The van der Waals surface area contributed by atoms with Crippen molar-refractivity contribution in [3.63, 3.8) is 0 Å². The first-order chi connectivity index (χ1) is 10.2. The molecule has 2 unspecified atom stereocenters. The molecular formula is C18H27N3. The summed E-state index contributed by atoms with van der Waals surface area (Å²) in [5, 5.41) is 8.19. The molecule has 0 aliphatic heterocycles. The van der Waals surface area contributed by atoms with Crippen LogP contribution in [0.5, 0.6) is 0 Å².